The second kappa shape index (κ2) is 6.64. The van der Waals surface area contributed by atoms with Gasteiger partial charge in [0.1, 0.15) is 6.23 Å². The van der Waals surface area contributed by atoms with Crippen LogP contribution in [0.5, 0.6) is 0 Å². The summed E-state index contributed by atoms with van der Waals surface area (Å²) in [5.74, 6) is -0.590. The lowest BCUT2D eigenvalue weighted by Gasteiger charge is -2.25. The summed E-state index contributed by atoms with van der Waals surface area (Å²) >= 11 is 0. The Kier molecular flexibility index (Phi) is 5.01. The van der Waals surface area contributed by atoms with Gasteiger partial charge in [0.25, 0.3) is 0 Å². The van der Waals surface area contributed by atoms with Gasteiger partial charge in [-0.25, -0.2) is 14.8 Å². The Labute approximate surface area is 135 Å². The first-order valence-corrected chi connectivity index (χ1v) is 7.71. The Morgan fingerprint density at radius 2 is 2.17 bits per heavy atom. The molecule has 2 heterocycles. The Hall–Kier alpha value is -1.99. The van der Waals surface area contributed by atoms with Crippen LogP contribution in [-0.2, 0) is 17.7 Å². The first kappa shape index (κ1) is 17.4. The summed E-state index contributed by atoms with van der Waals surface area (Å²) < 4.78 is 7.32. The van der Waals surface area contributed by atoms with Gasteiger partial charge in [0.2, 0.25) is 5.78 Å². The van der Waals surface area contributed by atoms with Crippen LogP contribution in [-0.4, -0.2) is 37.3 Å². The molecule has 0 amide bonds. The van der Waals surface area contributed by atoms with Crippen LogP contribution in [0.2, 0.25) is 0 Å². The highest BCUT2D eigenvalue weighted by molar-refractivity contribution is 5.88. The number of aromatic carboxylic acids is 1. The Morgan fingerprint density at radius 1 is 1.48 bits per heavy atom. The minimum atomic E-state index is -0.995. The van der Waals surface area contributed by atoms with Crippen molar-refractivity contribution < 1.29 is 14.6 Å². The van der Waals surface area contributed by atoms with Crippen LogP contribution in [0.25, 0.3) is 5.78 Å². The van der Waals surface area contributed by atoms with Gasteiger partial charge in [0.05, 0.1) is 11.3 Å². The minimum Gasteiger partial charge on any atom is -0.477 e. The molecule has 126 valence electrons. The quantitative estimate of drug-likeness (QED) is 0.794. The maximum absolute atomic E-state index is 11.5. The molecule has 0 bridgehead atoms. The number of nitrogens with one attached hydrogen (secondary N) is 1. The Balaban J connectivity index is 2.20. The average molecular weight is 320 g/mol. The van der Waals surface area contributed by atoms with Gasteiger partial charge in [-0.2, -0.15) is 0 Å². The van der Waals surface area contributed by atoms with E-state index in [4.69, 9.17) is 4.74 Å². The van der Waals surface area contributed by atoms with E-state index >= 15 is 0 Å². The average Bonchev–Trinajstić information content (AvgIpc) is 2.81. The number of aryl methyl sites for hydroxylation is 1. The van der Waals surface area contributed by atoms with Crippen molar-refractivity contribution in [3.63, 3.8) is 0 Å². The first-order chi connectivity index (χ1) is 10.7. The monoisotopic (exact) mass is 320 g/mol. The first-order valence-electron chi connectivity index (χ1n) is 7.71. The minimum absolute atomic E-state index is 0.126. The lowest BCUT2D eigenvalue weighted by molar-refractivity contribution is -0.0663. The molecule has 0 aliphatic rings. The molecule has 2 rings (SSSR count). The SMILES string of the molecule is CCc1nc2ncc(CNC(C)OC(C)(C)C)cn2c1C(=O)O. The number of fused-ring (bicyclic) bond motifs is 1. The highest BCUT2D eigenvalue weighted by Crippen LogP contribution is 2.14. The third-order valence-electron chi connectivity index (χ3n) is 3.27. The molecule has 7 nitrogen and oxygen atoms in total. The van der Waals surface area contributed by atoms with Crippen LogP contribution in [0.15, 0.2) is 12.4 Å². The van der Waals surface area contributed by atoms with E-state index in [0.717, 1.165) is 5.56 Å². The molecule has 0 aliphatic carbocycles. The Morgan fingerprint density at radius 3 is 2.74 bits per heavy atom. The molecule has 23 heavy (non-hydrogen) atoms. The summed E-state index contributed by atoms with van der Waals surface area (Å²) in [6.45, 7) is 10.3. The lowest BCUT2D eigenvalue weighted by Crippen LogP contribution is -2.35. The zero-order valence-electron chi connectivity index (χ0n) is 14.3. The zero-order chi connectivity index (χ0) is 17.2. The normalized spacial score (nSPS) is 13.4. The predicted octanol–water partition coefficient (Wildman–Crippen LogP) is 2.24. The van der Waals surface area contributed by atoms with E-state index in [-0.39, 0.29) is 17.5 Å². The van der Waals surface area contributed by atoms with E-state index in [1.165, 1.54) is 4.40 Å². The third-order valence-corrected chi connectivity index (χ3v) is 3.27. The summed E-state index contributed by atoms with van der Waals surface area (Å²) in [4.78, 5) is 20.0. The van der Waals surface area contributed by atoms with Crippen LogP contribution in [0.3, 0.4) is 0 Å². The number of carboxylic acid groups (broad SMARTS) is 1. The van der Waals surface area contributed by atoms with Gasteiger partial charge < -0.3 is 9.84 Å². The van der Waals surface area contributed by atoms with Crippen molar-refractivity contribution in [1.29, 1.82) is 0 Å². The van der Waals surface area contributed by atoms with Crippen LogP contribution >= 0.6 is 0 Å². The molecule has 0 fully saturated rings. The fourth-order valence-corrected chi connectivity index (χ4v) is 2.42. The number of hydrogen-bond donors (Lipinski definition) is 2. The number of carbonyl (C=O) groups is 1. The smallest absolute Gasteiger partial charge is 0.354 e. The van der Waals surface area contributed by atoms with E-state index < -0.39 is 5.97 Å². The number of imidazole rings is 1. The molecule has 2 N–H and O–H groups in total. The van der Waals surface area contributed by atoms with Gasteiger partial charge in [-0.3, -0.25) is 9.72 Å². The topological polar surface area (TPSA) is 88.8 Å². The highest BCUT2D eigenvalue weighted by Gasteiger charge is 2.19. The summed E-state index contributed by atoms with van der Waals surface area (Å²) in [6.07, 6.45) is 3.88. The third kappa shape index (κ3) is 4.27. The molecular formula is C16H24N4O3. The lowest BCUT2D eigenvalue weighted by atomic mass is 10.2. The van der Waals surface area contributed by atoms with Crippen LogP contribution in [0.1, 0.15) is 56.4 Å². The largest absolute Gasteiger partial charge is 0.477 e. The van der Waals surface area contributed by atoms with Crippen molar-refractivity contribution in [3.05, 3.63) is 29.3 Å². The van der Waals surface area contributed by atoms with Crippen molar-refractivity contribution in [2.75, 3.05) is 0 Å². The van der Waals surface area contributed by atoms with Crippen LogP contribution in [0.4, 0.5) is 0 Å². The van der Waals surface area contributed by atoms with E-state index in [0.29, 0.717) is 24.4 Å². The fourth-order valence-electron chi connectivity index (χ4n) is 2.42. The molecule has 2 aromatic heterocycles. The van der Waals surface area contributed by atoms with Gasteiger partial charge in [-0.1, -0.05) is 6.92 Å². The number of hydrogen-bond acceptors (Lipinski definition) is 5. The summed E-state index contributed by atoms with van der Waals surface area (Å²) in [6, 6.07) is 0. The van der Waals surface area contributed by atoms with Crippen molar-refractivity contribution >= 4 is 11.7 Å². The van der Waals surface area contributed by atoms with Gasteiger partial charge in [0.15, 0.2) is 5.69 Å². The molecule has 7 heteroatoms. The molecule has 0 spiro atoms. The van der Waals surface area contributed by atoms with Crippen LogP contribution in [0, 0.1) is 0 Å². The van der Waals surface area contributed by atoms with E-state index in [1.54, 1.807) is 12.4 Å². The zero-order valence-corrected chi connectivity index (χ0v) is 14.3. The van der Waals surface area contributed by atoms with E-state index in [1.807, 2.05) is 34.6 Å². The van der Waals surface area contributed by atoms with Crippen molar-refractivity contribution in [1.82, 2.24) is 19.7 Å². The molecule has 0 aromatic carbocycles. The molecule has 1 unspecified atom stereocenters. The highest BCUT2D eigenvalue weighted by atomic mass is 16.5. The molecule has 0 saturated carbocycles. The van der Waals surface area contributed by atoms with E-state index in [9.17, 15) is 9.90 Å². The molecular weight excluding hydrogens is 296 g/mol. The number of carboxylic acids is 1. The van der Waals surface area contributed by atoms with Crippen molar-refractivity contribution in [2.24, 2.45) is 0 Å². The summed E-state index contributed by atoms with van der Waals surface area (Å²) in [5, 5.41) is 12.6. The molecule has 0 radical (unpaired) electrons. The fraction of sp³-hybridized carbons (Fsp3) is 0.562. The second-order valence-electron chi connectivity index (χ2n) is 6.45. The summed E-state index contributed by atoms with van der Waals surface area (Å²) in [5.41, 5.74) is 1.35. The maximum atomic E-state index is 11.5. The second-order valence-corrected chi connectivity index (χ2v) is 6.45. The number of rotatable bonds is 6. The predicted molar refractivity (Wildman–Crippen MR) is 86.5 cm³/mol. The molecule has 0 aliphatic heterocycles. The molecule has 2 aromatic rings. The van der Waals surface area contributed by atoms with Gasteiger partial charge in [-0.05, 0) is 34.1 Å². The van der Waals surface area contributed by atoms with Gasteiger partial charge >= 0.3 is 5.97 Å². The summed E-state index contributed by atoms with van der Waals surface area (Å²) in [7, 11) is 0. The molecule has 0 saturated heterocycles. The van der Waals surface area contributed by atoms with Crippen molar-refractivity contribution in [2.45, 2.75) is 59.4 Å². The van der Waals surface area contributed by atoms with Gasteiger partial charge in [-0.15, -0.1) is 0 Å². The standard InChI is InChI=1S/C16H24N4O3/c1-6-12-13(14(21)22)20-9-11(8-18-15(20)19-12)7-17-10(2)23-16(3,4)5/h8-10,17H,6-7H2,1-5H3,(H,21,22). The number of nitrogens with zero attached hydrogens (tertiary/aromatic N) is 3. The van der Waals surface area contributed by atoms with Crippen molar-refractivity contribution in [3.8, 4) is 0 Å². The number of aromatic nitrogens is 3. The van der Waals surface area contributed by atoms with Gasteiger partial charge in [0, 0.05) is 24.5 Å². The van der Waals surface area contributed by atoms with E-state index in [2.05, 4.69) is 15.3 Å². The Bertz CT molecular complexity index is 703. The maximum Gasteiger partial charge on any atom is 0.354 e. The molecule has 1 atom stereocenters. The van der Waals surface area contributed by atoms with Crippen LogP contribution < -0.4 is 5.32 Å². The number of ether oxygens (including phenoxy) is 1.